The van der Waals surface area contributed by atoms with Gasteiger partial charge in [-0.1, -0.05) is 72.8 Å². The molecule has 0 unspecified atom stereocenters. The van der Waals surface area contributed by atoms with E-state index in [4.69, 9.17) is 0 Å². The second-order valence-corrected chi connectivity index (χ2v) is 6.64. The lowest BCUT2D eigenvalue weighted by atomic mass is 10.0. The Bertz CT molecular complexity index is 1330. The van der Waals surface area contributed by atoms with Gasteiger partial charge in [-0.25, -0.2) is 0 Å². The summed E-state index contributed by atoms with van der Waals surface area (Å²) in [5, 5.41) is 5.31. The maximum atomic E-state index is 13.2. The van der Waals surface area contributed by atoms with Crippen LogP contribution >= 0.6 is 0 Å². The summed E-state index contributed by atoms with van der Waals surface area (Å²) in [4.78, 5) is 13.2. The van der Waals surface area contributed by atoms with E-state index in [9.17, 15) is 4.79 Å². The molecule has 5 aromatic rings. The van der Waals surface area contributed by atoms with Crippen LogP contribution in [0.3, 0.4) is 0 Å². The van der Waals surface area contributed by atoms with Gasteiger partial charge in [0.2, 0.25) is 0 Å². The zero-order valence-corrected chi connectivity index (χ0v) is 14.2. The molecule has 0 radical (unpaired) electrons. The molecule has 1 aromatic heterocycles. The van der Waals surface area contributed by atoms with Crippen LogP contribution in [-0.4, -0.2) is 4.57 Å². The van der Waals surface area contributed by atoms with Gasteiger partial charge >= 0.3 is 0 Å². The van der Waals surface area contributed by atoms with Crippen molar-refractivity contribution in [2.45, 2.75) is 6.54 Å². The first-order chi connectivity index (χ1) is 12.8. The Balaban J connectivity index is 1.76. The van der Waals surface area contributed by atoms with Crippen LogP contribution < -0.4 is 5.56 Å². The lowest BCUT2D eigenvalue weighted by Crippen LogP contribution is -2.21. The number of nitrogens with zero attached hydrogens (tertiary/aromatic N) is 1. The van der Waals surface area contributed by atoms with Gasteiger partial charge in [0.1, 0.15) is 0 Å². The summed E-state index contributed by atoms with van der Waals surface area (Å²) < 4.78 is 1.89. The average molecular weight is 335 g/mol. The number of benzene rings is 4. The molecule has 0 aliphatic carbocycles. The van der Waals surface area contributed by atoms with Crippen LogP contribution in [0.1, 0.15) is 5.56 Å². The van der Waals surface area contributed by atoms with Crippen molar-refractivity contribution in [3.63, 3.8) is 0 Å². The molecule has 2 heteroatoms. The second-order valence-electron chi connectivity index (χ2n) is 6.64. The Labute approximate surface area is 150 Å². The van der Waals surface area contributed by atoms with Crippen molar-refractivity contribution in [1.29, 1.82) is 0 Å². The Morgan fingerprint density at radius 3 is 2.12 bits per heavy atom. The molecule has 124 valence electrons. The Morgan fingerprint density at radius 1 is 0.615 bits per heavy atom. The highest BCUT2D eigenvalue weighted by molar-refractivity contribution is 6.05. The topological polar surface area (TPSA) is 22.0 Å². The van der Waals surface area contributed by atoms with Crippen LogP contribution in [0, 0.1) is 0 Å². The van der Waals surface area contributed by atoms with Gasteiger partial charge in [0, 0.05) is 10.8 Å². The first-order valence-corrected chi connectivity index (χ1v) is 8.79. The fourth-order valence-electron chi connectivity index (χ4n) is 3.77. The van der Waals surface area contributed by atoms with Gasteiger partial charge in [-0.3, -0.25) is 4.79 Å². The Kier molecular flexibility index (Phi) is 3.36. The molecular weight excluding hydrogens is 318 g/mol. The minimum atomic E-state index is 0.0625. The highest BCUT2D eigenvalue weighted by atomic mass is 16.1. The smallest absolute Gasteiger partial charge is 0.259 e. The van der Waals surface area contributed by atoms with Crippen molar-refractivity contribution in [3.05, 3.63) is 107 Å². The molecule has 2 nitrogen and oxygen atoms in total. The van der Waals surface area contributed by atoms with Gasteiger partial charge in [0.15, 0.2) is 0 Å². The molecule has 0 atom stereocenters. The maximum Gasteiger partial charge on any atom is 0.259 e. The molecule has 0 bridgehead atoms. The van der Waals surface area contributed by atoms with E-state index < -0.39 is 0 Å². The first kappa shape index (κ1) is 14.9. The fourth-order valence-corrected chi connectivity index (χ4v) is 3.77. The lowest BCUT2D eigenvalue weighted by molar-refractivity contribution is 0.803. The van der Waals surface area contributed by atoms with Crippen LogP contribution in [0.15, 0.2) is 95.8 Å². The van der Waals surface area contributed by atoms with Gasteiger partial charge in [-0.05, 0) is 39.9 Å². The molecule has 1 heterocycles. The van der Waals surface area contributed by atoms with Crippen molar-refractivity contribution in [3.8, 4) is 0 Å². The molecule has 0 aliphatic heterocycles. The van der Waals surface area contributed by atoms with Gasteiger partial charge in [0.05, 0.1) is 12.1 Å². The zero-order chi connectivity index (χ0) is 17.5. The van der Waals surface area contributed by atoms with E-state index in [1.807, 2.05) is 59.2 Å². The summed E-state index contributed by atoms with van der Waals surface area (Å²) in [6.07, 6.45) is 0. The number of hydrogen-bond donors (Lipinski definition) is 0. The quantitative estimate of drug-likeness (QED) is 0.398. The van der Waals surface area contributed by atoms with Gasteiger partial charge in [-0.2, -0.15) is 0 Å². The first-order valence-electron chi connectivity index (χ1n) is 8.79. The van der Waals surface area contributed by atoms with Crippen LogP contribution in [0.2, 0.25) is 0 Å². The standard InChI is InChI=1S/C24H17NO/c26-24-22-11-4-3-9-20(22)21-10-5-6-12-23(21)25(24)16-17-13-14-18-7-1-2-8-19(18)15-17/h1-15H,16H2. The van der Waals surface area contributed by atoms with E-state index >= 15 is 0 Å². The van der Waals surface area contributed by atoms with E-state index in [-0.39, 0.29) is 5.56 Å². The van der Waals surface area contributed by atoms with Gasteiger partial charge in [0.25, 0.3) is 5.56 Å². The molecule has 4 aromatic carbocycles. The number of hydrogen-bond acceptors (Lipinski definition) is 1. The fraction of sp³-hybridized carbons (Fsp3) is 0.0417. The summed E-state index contributed by atoms with van der Waals surface area (Å²) in [5.74, 6) is 0. The van der Waals surface area contributed by atoms with E-state index in [1.54, 1.807) is 0 Å². The van der Waals surface area contributed by atoms with Crippen molar-refractivity contribution in [2.24, 2.45) is 0 Å². The molecule has 0 spiro atoms. The van der Waals surface area contributed by atoms with Gasteiger partial charge < -0.3 is 4.57 Å². The second kappa shape index (κ2) is 5.85. The minimum Gasteiger partial charge on any atom is -0.303 e. The maximum absolute atomic E-state index is 13.2. The van der Waals surface area contributed by atoms with E-state index in [0.717, 1.165) is 27.2 Å². The largest absolute Gasteiger partial charge is 0.303 e. The average Bonchev–Trinajstić information content (AvgIpc) is 2.71. The summed E-state index contributed by atoms with van der Waals surface area (Å²) in [6, 6.07) is 30.7. The summed E-state index contributed by atoms with van der Waals surface area (Å²) in [7, 11) is 0. The Morgan fingerprint density at radius 2 is 1.27 bits per heavy atom. The summed E-state index contributed by atoms with van der Waals surface area (Å²) in [6.45, 7) is 0.564. The predicted molar refractivity (Wildman–Crippen MR) is 109 cm³/mol. The molecule has 0 saturated heterocycles. The monoisotopic (exact) mass is 335 g/mol. The summed E-state index contributed by atoms with van der Waals surface area (Å²) in [5.41, 5.74) is 2.17. The van der Waals surface area contributed by atoms with Crippen LogP contribution in [-0.2, 0) is 6.54 Å². The molecule has 0 saturated carbocycles. The number of rotatable bonds is 2. The normalized spacial score (nSPS) is 11.4. The third-order valence-corrected chi connectivity index (χ3v) is 5.04. The number of para-hydroxylation sites is 1. The number of aromatic nitrogens is 1. The van der Waals surface area contributed by atoms with Crippen molar-refractivity contribution < 1.29 is 0 Å². The number of pyridine rings is 1. The van der Waals surface area contributed by atoms with Crippen molar-refractivity contribution in [2.75, 3.05) is 0 Å². The molecule has 0 aliphatic rings. The SMILES string of the molecule is O=c1c2ccccc2c2ccccc2n1Cc1ccc2ccccc2c1. The third kappa shape index (κ3) is 2.31. The van der Waals surface area contributed by atoms with E-state index in [0.29, 0.717) is 6.54 Å². The summed E-state index contributed by atoms with van der Waals surface area (Å²) >= 11 is 0. The highest BCUT2D eigenvalue weighted by Crippen LogP contribution is 2.24. The molecule has 26 heavy (non-hydrogen) atoms. The molecule has 0 fully saturated rings. The lowest BCUT2D eigenvalue weighted by Gasteiger charge is -2.13. The van der Waals surface area contributed by atoms with Crippen molar-refractivity contribution in [1.82, 2.24) is 4.57 Å². The number of fused-ring (bicyclic) bond motifs is 4. The molecular formula is C24H17NO. The van der Waals surface area contributed by atoms with Crippen molar-refractivity contribution >= 4 is 32.4 Å². The predicted octanol–water partition coefficient (Wildman–Crippen LogP) is 5.36. The van der Waals surface area contributed by atoms with E-state index in [1.165, 1.54) is 10.8 Å². The molecule has 0 N–H and O–H groups in total. The molecule has 5 rings (SSSR count). The van der Waals surface area contributed by atoms with E-state index in [2.05, 4.69) is 36.4 Å². The van der Waals surface area contributed by atoms with Crippen LogP contribution in [0.4, 0.5) is 0 Å². The third-order valence-electron chi connectivity index (χ3n) is 5.04. The highest BCUT2D eigenvalue weighted by Gasteiger charge is 2.10. The van der Waals surface area contributed by atoms with Crippen LogP contribution in [0.25, 0.3) is 32.4 Å². The van der Waals surface area contributed by atoms with Gasteiger partial charge in [-0.15, -0.1) is 0 Å². The minimum absolute atomic E-state index is 0.0625. The zero-order valence-electron chi connectivity index (χ0n) is 14.2. The Hall–Kier alpha value is -3.39. The van der Waals surface area contributed by atoms with Crippen LogP contribution in [0.5, 0.6) is 0 Å². The molecule has 0 amide bonds.